The first-order valence-electron chi connectivity index (χ1n) is 7.95. The van der Waals surface area contributed by atoms with E-state index in [2.05, 4.69) is 13.2 Å². The summed E-state index contributed by atoms with van der Waals surface area (Å²) < 4.78 is 30.9. The highest BCUT2D eigenvalue weighted by Gasteiger charge is 2.31. The molecule has 3 rings (SSSR count). The lowest BCUT2D eigenvalue weighted by Gasteiger charge is -2.18. The van der Waals surface area contributed by atoms with E-state index in [9.17, 15) is 23.5 Å². The lowest BCUT2D eigenvalue weighted by Crippen LogP contribution is -2.22. The Morgan fingerprint density at radius 3 is 2.28 bits per heavy atom. The zero-order valence-electron chi connectivity index (χ0n) is 13.5. The summed E-state index contributed by atoms with van der Waals surface area (Å²) in [5, 5.41) is 9.27. The molecular formula is C19H17F2NO3. The number of hydrogen-bond acceptors (Lipinski definition) is 2. The molecule has 0 amide bonds. The van der Waals surface area contributed by atoms with Gasteiger partial charge in [-0.05, 0) is 25.7 Å². The van der Waals surface area contributed by atoms with Gasteiger partial charge in [-0.2, -0.15) is 0 Å². The van der Waals surface area contributed by atoms with Crippen molar-refractivity contribution in [3.63, 3.8) is 0 Å². The number of fused-ring (bicyclic) bond motifs is 1. The number of nitrogens with zero attached hydrogens (tertiary/aromatic N) is 1. The van der Waals surface area contributed by atoms with E-state index in [1.54, 1.807) is 4.57 Å². The Hall–Kier alpha value is -2.76. The zero-order valence-corrected chi connectivity index (χ0v) is 13.5. The number of hydrogen-bond donors (Lipinski definition) is 1. The van der Waals surface area contributed by atoms with Crippen LogP contribution in [0, 0.1) is 11.6 Å². The summed E-state index contributed by atoms with van der Waals surface area (Å²) in [6.45, 7) is 7.08. The van der Waals surface area contributed by atoms with Crippen LogP contribution in [0.15, 0.2) is 36.3 Å². The van der Waals surface area contributed by atoms with Gasteiger partial charge in [-0.3, -0.25) is 4.79 Å². The maximum Gasteiger partial charge on any atom is 0.341 e. The summed E-state index contributed by atoms with van der Waals surface area (Å²) in [5.74, 6) is -3.55. The third kappa shape index (κ3) is 2.67. The lowest BCUT2D eigenvalue weighted by molar-refractivity contribution is 0.0695. The van der Waals surface area contributed by atoms with Gasteiger partial charge in [0, 0.05) is 23.4 Å². The Morgan fingerprint density at radius 2 is 1.76 bits per heavy atom. The first-order valence-corrected chi connectivity index (χ1v) is 7.95. The minimum Gasteiger partial charge on any atom is -0.477 e. The Balaban J connectivity index is 2.59. The van der Waals surface area contributed by atoms with Gasteiger partial charge in [0.1, 0.15) is 5.56 Å². The third-order valence-corrected chi connectivity index (χ3v) is 4.41. The number of aromatic nitrogens is 1. The maximum atomic E-state index is 14.7. The predicted octanol–water partition coefficient (Wildman–Crippen LogP) is 3.77. The molecule has 1 saturated carbocycles. The fourth-order valence-corrected chi connectivity index (χ4v) is 3.16. The SMILES string of the molecule is C=CCc1c(F)c(F)c(CC=C)c2c1c(=O)c(C(=O)O)cn2C1CC1. The molecule has 0 unspecified atom stereocenters. The van der Waals surface area contributed by atoms with E-state index in [1.165, 1.54) is 18.3 Å². The van der Waals surface area contributed by atoms with Crippen molar-refractivity contribution in [3.8, 4) is 0 Å². The average Bonchev–Trinajstić information content (AvgIpc) is 3.40. The summed E-state index contributed by atoms with van der Waals surface area (Å²) in [6, 6.07) is -0.0220. The Morgan fingerprint density at radius 1 is 1.20 bits per heavy atom. The molecule has 1 aromatic carbocycles. The number of carboxylic acid groups (broad SMARTS) is 1. The Kier molecular flexibility index (Phi) is 4.29. The quantitative estimate of drug-likeness (QED) is 0.811. The van der Waals surface area contributed by atoms with Gasteiger partial charge in [0.05, 0.1) is 10.9 Å². The van der Waals surface area contributed by atoms with Gasteiger partial charge >= 0.3 is 5.97 Å². The van der Waals surface area contributed by atoms with Crippen molar-refractivity contribution >= 4 is 16.9 Å². The first kappa shape index (κ1) is 17.1. The molecular weight excluding hydrogens is 328 g/mol. The van der Waals surface area contributed by atoms with Crippen molar-refractivity contribution in [1.82, 2.24) is 4.57 Å². The fourth-order valence-electron chi connectivity index (χ4n) is 3.16. The van der Waals surface area contributed by atoms with Gasteiger partial charge in [-0.25, -0.2) is 13.6 Å². The molecule has 1 aliphatic carbocycles. The molecule has 0 saturated heterocycles. The van der Waals surface area contributed by atoms with Gasteiger partial charge in [0.15, 0.2) is 11.6 Å². The zero-order chi connectivity index (χ0) is 18.3. The molecule has 0 bridgehead atoms. The van der Waals surface area contributed by atoms with Crippen LogP contribution in [0.2, 0.25) is 0 Å². The summed E-state index contributed by atoms with van der Waals surface area (Å²) in [6.07, 6.45) is 5.58. The van der Waals surface area contributed by atoms with Crippen LogP contribution in [-0.2, 0) is 12.8 Å². The number of carboxylic acids is 1. The summed E-state index contributed by atoms with van der Waals surface area (Å²) in [5.41, 5.74) is -1.12. The molecule has 0 aliphatic heterocycles. The molecule has 0 spiro atoms. The van der Waals surface area contributed by atoms with E-state index in [4.69, 9.17) is 0 Å². The van der Waals surface area contributed by atoms with E-state index in [0.717, 1.165) is 12.8 Å². The topological polar surface area (TPSA) is 59.3 Å². The van der Waals surface area contributed by atoms with Crippen molar-refractivity contribution in [2.24, 2.45) is 0 Å². The van der Waals surface area contributed by atoms with Crippen LogP contribution in [-0.4, -0.2) is 15.6 Å². The molecule has 25 heavy (non-hydrogen) atoms. The van der Waals surface area contributed by atoms with Crippen molar-refractivity contribution in [1.29, 1.82) is 0 Å². The van der Waals surface area contributed by atoms with Crippen molar-refractivity contribution in [2.45, 2.75) is 31.7 Å². The molecule has 1 aliphatic rings. The molecule has 1 aromatic heterocycles. The fraction of sp³-hybridized carbons (Fsp3) is 0.263. The number of pyridine rings is 1. The number of rotatable bonds is 6. The summed E-state index contributed by atoms with van der Waals surface area (Å²) >= 11 is 0. The second-order valence-corrected chi connectivity index (χ2v) is 6.11. The molecule has 1 fully saturated rings. The van der Waals surface area contributed by atoms with Crippen LogP contribution < -0.4 is 5.43 Å². The van der Waals surface area contributed by atoms with Crippen molar-refractivity contribution < 1.29 is 18.7 Å². The van der Waals surface area contributed by atoms with Crippen LogP contribution in [0.25, 0.3) is 10.9 Å². The number of allylic oxidation sites excluding steroid dienone is 2. The molecule has 4 nitrogen and oxygen atoms in total. The summed E-state index contributed by atoms with van der Waals surface area (Å²) in [4.78, 5) is 24.2. The lowest BCUT2D eigenvalue weighted by atomic mass is 9.96. The van der Waals surface area contributed by atoms with Gasteiger partial charge < -0.3 is 9.67 Å². The van der Waals surface area contributed by atoms with Gasteiger partial charge in [-0.1, -0.05) is 12.2 Å². The second-order valence-electron chi connectivity index (χ2n) is 6.11. The van der Waals surface area contributed by atoms with E-state index in [-0.39, 0.29) is 40.9 Å². The highest BCUT2D eigenvalue weighted by atomic mass is 19.2. The number of halogens is 2. The van der Waals surface area contributed by atoms with Crippen LogP contribution in [0.5, 0.6) is 0 Å². The smallest absolute Gasteiger partial charge is 0.341 e. The monoisotopic (exact) mass is 345 g/mol. The van der Waals surface area contributed by atoms with Crippen LogP contribution in [0.1, 0.15) is 40.4 Å². The number of carbonyl (C=O) groups is 1. The highest BCUT2D eigenvalue weighted by Crippen LogP contribution is 2.39. The molecule has 130 valence electrons. The van der Waals surface area contributed by atoms with E-state index in [0.29, 0.717) is 0 Å². The Bertz CT molecular complexity index is 971. The molecule has 0 radical (unpaired) electrons. The molecule has 1 N–H and O–H groups in total. The predicted molar refractivity (Wildman–Crippen MR) is 91.2 cm³/mol. The van der Waals surface area contributed by atoms with E-state index < -0.39 is 28.6 Å². The van der Waals surface area contributed by atoms with Gasteiger partial charge in [0.25, 0.3) is 0 Å². The largest absolute Gasteiger partial charge is 0.477 e. The Labute approximate surface area is 142 Å². The first-order chi connectivity index (χ1) is 11.9. The second kappa shape index (κ2) is 6.27. The molecule has 2 aromatic rings. The van der Waals surface area contributed by atoms with Gasteiger partial charge in [0.2, 0.25) is 5.43 Å². The number of benzene rings is 1. The summed E-state index contributed by atoms with van der Waals surface area (Å²) in [7, 11) is 0. The molecule has 6 heteroatoms. The van der Waals surface area contributed by atoms with Crippen LogP contribution in [0.4, 0.5) is 8.78 Å². The maximum absolute atomic E-state index is 14.7. The van der Waals surface area contributed by atoms with E-state index >= 15 is 0 Å². The van der Waals surface area contributed by atoms with Crippen molar-refractivity contribution in [3.05, 3.63) is 70.1 Å². The number of aromatic carboxylic acids is 1. The van der Waals surface area contributed by atoms with Crippen LogP contribution >= 0.6 is 0 Å². The average molecular weight is 345 g/mol. The minimum absolute atomic E-state index is 0.0220. The normalized spacial score (nSPS) is 13.8. The molecule has 0 atom stereocenters. The van der Waals surface area contributed by atoms with Crippen molar-refractivity contribution in [2.75, 3.05) is 0 Å². The highest BCUT2D eigenvalue weighted by molar-refractivity contribution is 5.95. The van der Waals surface area contributed by atoms with Crippen LogP contribution in [0.3, 0.4) is 0 Å². The standard InChI is InChI=1S/C19H17F2NO3/c1-3-5-11-14-17(12(6-4-2)16(21)15(11)20)22(10-7-8-10)9-13(18(14)23)19(24)25/h3-4,9-10H,1-2,5-8H2,(H,24,25). The van der Waals surface area contributed by atoms with Gasteiger partial charge in [-0.15, -0.1) is 13.2 Å². The third-order valence-electron chi connectivity index (χ3n) is 4.41. The minimum atomic E-state index is -1.39. The molecule has 1 heterocycles. The van der Waals surface area contributed by atoms with E-state index in [1.807, 2.05) is 0 Å².